The molecule has 0 aliphatic heterocycles. The van der Waals surface area contributed by atoms with Gasteiger partial charge in [0.15, 0.2) is 0 Å². The van der Waals surface area contributed by atoms with Crippen molar-refractivity contribution in [2.45, 2.75) is 20.3 Å². The van der Waals surface area contributed by atoms with Gasteiger partial charge in [0.25, 0.3) is 11.6 Å². The number of benzene rings is 2. The van der Waals surface area contributed by atoms with Crippen LogP contribution in [-0.2, 0) is 14.4 Å². The number of nitrogens with zero attached hydrogens (tertiary/aromatic N) is 1. The predicted molar refractivity (Wildman–Crippen MR) is 109 cm³/mol. The Morgan fingerprint density at radius 3 is 2.31 bits per heavy atom. The Bertz CT molecular complexity index is 984. The highest BCUT2D eigenvalue weighted by Gasteiger charge is 2.13. The van der Waals surface area contributed by atoms with Crippen molar-refractivity contribution in [3.63, 3.8) is 0 Å². The summed E-state index contributed by atoms with van der Waals surface area (Å²) in [7, 11) is 0. The van der Waals surface area contributed by atoms with E-state index in [2.05, 4.69) is 16.0 Å². The number of hydrogen-bond acceptors (Lipinski definition) is 5. The lowest BCUT2D eigenvalue weighted by atomic mass is 10.1. The fourth-order valence-corrected chi connectivity index (χ4v) is 2.37. The lowest BCUT2D eigenvalue weighted by Crippen LogP contribution is -2.29. The number of anilines is 2. The molecule has 150 valence electrons. The standard InChI is InChI=1S/C20H20N4O5/c1-3-19(26)22-15-7-5-8-16(12-15)23-20(27)18(21-13(2)25)11-14-6-4-9-17(10-14)24(28)29/h4-12H,3H2,1-2H3,(H,21,25)(H,22,26)(H,23,27)/b18-11+. The van der Waals surface area contributed by atoms with Crippen LogP contribution in [0.2, 0.25) is 0 Å². The van der Waals surface area contributed by atoms with Gasteiger partial charge in [-0.1, -0.05) is 25.1 Å². The second-order valence-corrected chi connectivity index (χ2v) is 6.03. The molecular formula is C20H20N4O5. The number of nitro benzene ring substituents is 1. The van der Waals surface area contributed by atoms with Crippen LogP contribution in [0.1, 0.15) is 25.8 Å². The Balaban J connectivity index is 2.27. The first kappa shape index (κ1) is 21.3. The number of nitrogens with one attached hydrogen (secondary N) is 3. The summed E-state index contributed by atoms with van der Waals surface area (Å²) in [6, 6.07) is 12.2. The third kappa shape index (κ3) is 6.58. The van der Waals surface area contributed by atoms with Crippen LogP contribution >= 0.6 is 0 Å². The van der Waals surface area contributed by atoms with Crippen molar-refractivity contribution in [2.24, 2.45) is 0 Å². The van der Waals surface area contributed by atoms with Crippen LogP contribution in [0.4, 0.5) is 17.1 Å². The zero-order valence-corrected chi connectivity index (χ0v) is 15.9. The van der Waals surface area contributed by atoms with Gasteiger partial charge in [0, 0.05) is 36.9 Å². The average molecular weight is 396 g/mol. The smallest absolute Gasteiger partial charge is 0.272 e. The molecule has 9 heteroatoms. The first-order valence-electron chi connectivity index (χ1n) is 8.73. The van der Waals surface area contributed by atoms with E-state index < -0.39 is 16.7 Å². The fourth-order valence-electron chi connectivity index (χ4n) is 2.37. The zero-order valence-electron chi connectivity index (χ0n) is 15.9. The maximum absolute atomic E-state index is 12.6. The van der Waals surface area contributed by atoms with Gasteiger partial charge in [-0.3, -0.25) is 24.5 Å². The molecule has 0 aromatic heterocycles. The van der Waals surface area contributed by atoms with Crippen LogP contribution in [0.3, 0.4) is 0 Å². The Morgan fingerprint density at radius 2 is 1.69 bits per heavy atom. The quantitative estimate of drug-likeness (QED) is 0.376. The highest BCUT2D eigenvalue weighted by molar-refractivity contribution is 6.08. The minimum atomic E-state index is -0.620. The van der Waals surface area contributed by atoms with Gasteiger partial charge in [0.2, 0.25) is 11.8 Å². The zero-order chi connectivity index (χ0) is 21.4. The molecule has 2 rings (SSSR count). The predicted octanol–water partition coefficient (Wildman–Crippen LogP) is 3.06. The molecule has 0 bridgehead atoms. The minimum Gasteiger partial charge on any atom is -0.326 e. The number of nitro groups is 1. The summed E-state index contributed by atoms with van der Waals surface area (Å²) in [5, 5.41) is 18.7. The number of carbonyl (C=O) groups is 3. The third-order valence-corrected chi connectivity index (χ3v) is 3.67. The van der Waals surface area contributed by atoms with Crippen LogP contribution in [0.5, 0.6) is 0 Å². The maximum atomic E-state index is 12.6. The first-order chi connectivity index (χ1) is 13.8. The van der Waals surface area contributed by atoms with E-state index in [-0.39, 0.29) is 17.3 Å². The van der Waals surface area contributed by atoms with E-state index in [1.165, 1.54) is 31.2 Å². The van der Waals surface area contributed by atoms with E-state index in [1.807, 2.05) is 0 Å². The topological polar surface area (TPSA) is 130 Å². The molecule has 0 spiro atoms. The molecular weight excluding hydrogens is 376 g/mol. The van der Waals surface area contributed by atoms with Crippen LogP contribution in [0.25, 0.3) is 6.08 Å². The molecule has 0 saturated heterocycles. The first-order valence-corrected chi connectivity index (χ1v) is 8.73. The Morgan fingerprint density at radius 1 is 1.03 bits per heavy atom. The highest BCUT2D eigenvalue weighted by atomic mass is 16.6. The SMILES string of the molecule is CCC(=O)Nc1cccc(NC(=O)/C(=C\c2cccc([N+](=O)[O-])c2)NC(C)=O)c1. The molecule has 29 heavy (non-hydrogen) atoms. The summed E-state index contributed by atoms with van der Waals surface area (Å²) in [4.78, 5) is 46.0. The monoisotopic (exact) mass is 396 g/mol. The van der Waals surface area contributed by atoms with E-state index in [4.69, 9.17) is 0 Å². The lowest BCUT2D eigenvalue weighted by molar-refractivity contribution is -0.384. The van der Waals surface area contributed by atoms with Crippen LogP contribution < -0.4 is 16.0 Å². The van der Waals surface area contributed by atoms with Crippen molar-refractivity contribution in [1.82, 2.24) is 5.32 Å². The number of rotatable bonds is 7. The summed E-state index contributed by atoms with van der Waals surface area (Å²) in [5.41, 5.74) is 1.07. The van der Waals surface area contributed by atoms with E-state index in [0.29, 0.717) is 23.4 Å². The molecule has 2 aromatic rings. The van der Waals surface area contributed by atoms with E-state index in [9.17, 15) is 24.5 Å². The summed E-state index contributed by atoms with van der Waals surface area (Å²) in [6.45, 7) is 2.97. The van der Waals surface area contributed by atoms with Gasteiger partial charge < -0.3 is 16.0 Å². The molecule has 0 atom stereocenters. The minimum absolute atomic E-state index is 0.0824. The van der Waals surface area contributed by atoms with Crippen molar-refractivity contribution in [3.05, 3.63) is 69.9 Å². The van der Waals surface area contributed by atoms with Gasteiger partial charge in [0.05, 0.1) is 4.92 Å². The second-order valence-electron chi connectivity index (χ2n) is 6.03. The largest absolute Gasteiger partial charge is 0.326 e. The highest BCUT2D eigenvalue weighted by Crippen LogP contribution is 2.18. The van der Waals surface area contributed by atoms with E-state index in [1.54, 1.807) is 37.3 Å². The van der Waals surface area contributed by atoms with Gasteiger partial charge in [0.1, 0.15) is 5.70 Å². The van der Waals surface area contributed by atoms with Crippen molar-refractivity contribution < 1.29 is 19.3 Å². The Hall–Kier alpha value is -4.01. The lowest BCUT2D eigenvalue weighted by Gasteiger charge is -2.11. The fraction of sp³-hybridized carbons (Fsp3) is 0.150. The molecule has 2 aromatic carbocycles. The van der Waals surface area contributed by atoms with E-state index in [0.717, 1.165) is 0 Å². The van der Waals surface area contributed by atoms with Crippen LogP contribution in [0.15, 0.2) is 54.2 Å². The number of non-ortho nitro benzene ring substituents is 1. The van der Waals surface area contributed by atoms with Gasteiger partial charge in [-0.25, -0.2) is 0 Å². The van der Waals surface area contributed by atoms with Crippen LogP contribution in [-0.4, -0.2) is 22.6 Å². The molecule has 0 saturated carbocycles. The van der Waals surface area contributed by atoms with Crippen molar-refractivity contribution in [1.29, 1.82) is 0 Å². The Labute approximate surface area is 167 Å². The van der Waals surface area contributed by atoms with E-state index >= 15 is 0 Å². The molecule has 0 fully saturated rings. The Kier molecular flexibility index (Phi) is 7.19. The average Bonchev–Trinajstić information content (AvgIpc) is 2.67. The molecule has 0 unspecified atom stereocenters. The van der Waals surface area contributed by atoms with Gasteiger partial charge >= 0.3 is 0 Å². The summed E-state index contributed by atoms with van der Waals surface area (Å²) >= 11 is 0. The van der Waals surface area contributed by atoms with Gasteiger partial charge in [-0.05, 0) is 29.8 Å². The molecule has 9 nitrogen and oxygen atoms in total. The molecule has 0 aliphatic carbocycles. The second kappa shape index (κ2) is 9.79. The normalized spacial score (nSPS) is 10.8. The van der Waals surface area contributed by atoms with Crippen LogP contribution in [0, 0.1) is 10.1 Å². The molecule has 3 N–H and O–H groups in total. The maximum Gasteiger partial charge on any atom is 0.272 e. The van der Waals surface area contributed by atoms with Gasteiger partial charge in [-0.15, -0.1) is 0 Å². The molecule has 0 radical (unpaired) electrons. The number of hydrogen-bond donors (Lipinski definition) is 3. The van der Waals surface area contributed by atoms with Gasteiger partial charge in [-0.2, -0.15) is 0 Å². The summed E-state index contributed by atoms with van der Waals surface area (Å²) < 4.78 is 0. The van der Waals surface area contributed by atoms with Crippen molar-refractivity contribution in [3.8, 4) is 0 Å². The third-order valence-electron chi connectivity index (χ3n) is 3.67. The molecule has 0 aliphatic rings. The summed E-state index contributed by atoms with van der Waals surface area (Å²) in [6.07, 6.45) is 1.65. The molecule has 3 amide bonds. The van der Waals surface area contributed by atoms with Crippen molar-refractivity contribution >= 4 is 40.9 Å². The van der Waals surface area contributed by atoms with Crippen molar-refractivity contribution in [2.75, 3.05) is 10.6 Å². The number of amides is 3. The molecule has 0 heterocycles. The summed E-state index contributed by atoms with van der Waals surface area (Å²) in [5.74, 6) is -1.26. The number of carbonyl (C=O) groups excluding carboxylic acids is 3.